The summed E-state index contributed by atoms with van der Waals surface area (Å²) in [7, 11) is 0. The maximum absolute atomic E-state index is 3.74. The molecule has 0 nitrogen and oxygen atoms in total. The molecule has 0 aromatic carbocycles. The lowest BCUT2D eigenvalue weighted by molar-refractivity contribution is 0.750. The van der Waals surface area contributed by atoms with Crippen molar-refractivity contribution in [1.82, 2.24) is 0 Å². The molecule has 0 aliphatic heterocycles. The fourth-order valence-electron chi connectivity index (χ4n) is 1.12. The summed E-state index contributed by atoms with van der Waals surface area (Å²) in [5, 5.41) is 0. The zero-order valence-electron chi connectivity index (χ0n) is 5.35. The van der Waals surface area contributed by atoms with Gasteiger partial charge in [-0.3, -0.25) is 0 Å². The van der Waals surface area contributed by atoms with Crippen LogP contribution in [0.5, 0.6) is 0 Å². The van der Waals surface area contributed by atoms with Crippen LogP contribution < -0.4 is 0 Å². The van der Waals surface area contributed by atoms with Gasteiger partial charge in [-0.1, -0.05) is 19.1 Å². The molecule has 8 heavy (non-hydrogen) atoms. The normalized spacial score (nSPS) is 31.4. The standard InChI is InChI=1S/C8H12/c1-4-8(5-2)6-7(8)3/h4-5,7H,1-2,6H2,3H3. The van der Waals surface area contributed by atoms with Gasteiger partial charge < -0.3 is 0 Å². The van der Waals surface area contributed by atoms with E-state index in [1.165, 1.54) is 6.42 Å². The van der Waals surface area contributed by atoms with Crippen LogP contribution in [0, 0.1) is 11.3 Å². The first-order valence-electron chi connectivity index (χ1n) is 3.02. The molecule has 0 heteroatoms. The van der Waals surface area contributed by atoms with E-state index in [0.29, 0.717) is 5.41 Å². The highest BCUT2D eigenvalue weighted by Crippen LogP contribution is 2.53. The molecule has 44 valence electrons. The van der Waals surface area contributed by atoms with Gasteiger partial charge >= 0.3 is 0 Å². The number of allylic oxidation sites excluding steroid dienone is 2. The molecule has 1 saturated carbocycles. The average molecular weight is 108 g/mol. The lowest BCUT2D eigenvalue weighted by atomic mass is 10.1. The molecule has 0 heterocycles. The summed E-state index contributed by atoms with van der Waals surface area (Å²) in [6.07, 6.45) is 5.26. The molecule has 1 unspecified atom stereocenters. The van der Waals surface area contributed by atoms with Crippen molar-refractivity contribution in [3.05, 3.63) is 25.3 Å². The van der Waals surface area contributed by atoms with Gasteiger partial charge in [-0.15, -0.1) is 13.2 Å². The fourth-order valence-corrected chi connectivity index (χ4v) is 1.12. The number of hydrogen-bond donors (Lipinski definition) is 0. The van der Waals surface area contributed by atoms with Crippen LogP contribution in [-0.2, 0) is 0 Å². The Morgan fingerprint density at radius 3 is 1.88 bits per heavy atom. The predicted octanol–water partition coefficient (Wildman–Crippen LogP) is 2.38. The van der Waals surface area contributed by atoms with Crippen molar-refractivity contribution in [3.8, 4) is 0 Å². The Balaban J connectivity index is 2.64. The summed E-state index contributed by atoms with van der Waals surface area (Å²) >= 11 is 0. The molecule has 1 rings (SSSR count). The third-order valence-corrected chi connectivity index (χ3v) is 2.18. The second kappa shape index (κ2) is 1.48. The first-order chi connectivity index (χ1) is 3.75. The van der Waals surface area contributed by atoms with Crippen LogP contribution in [0.4, 0.5) is 0 Å². The summed E-state index contributed by atoms with van der Waals surface area (Å²) in [5.41, 5.74) is 0.319. The van der Waals surface area contributed by atoms with E-state index in [1.807, 2.05) is 12.2 Å². The van der Waals surface area contributed by atoms with Crippen LogP contribution in [0.3, 0.4) is 0 Å². The van der Waals surface area contributed by atoms with Gasteiger partial charge in [0, 0.05) is 5.41 Å². The van der Waals surface area contributed by atoms with E-state index >= 15 is 0 Å². The van der Waals surface area contributed by atoms with Crippen molar-refractivity contribution in [2.24, 2.45) is 11.3 Å². The molecule has 1 fully saturated rings. The van der Waals surface area contributed by atoms with Crippen molar-refractivity contribution >= 4 is 0 Å². The topological polar surface area (TPSA) is 0 Å². The van der Waals surface area contributed by atoms with Crippen molar-refractivity contribution in [3.63, 3.8) is 0 Å². The zero-order valence-corrected chi connectivity index (χ0v) is 5.35. The van der Waals surface area contributed by atoms with E-state index < -0.39 is 0 Å². The Morgan fingerprint density at radius 2 is 1.88 bits per heavy atom. The molecular weight excluding hydrogens is 96.1 g/mol. The molecule has 0 spiro atoms. The molecular formula is C8H12. The van der Waals surface area contributed by atoms with Gasteiger partial charge in [0.2, 0.25) is 0 Å². The monoisotopic (exact) mass is 108 g/mol. The quantitative estimate of drug-likeness (QED) is 0.476. The maximum Gasteiger partial charge on any atom is 0.00847 e. The lowest BCUT2D eigenvalue weighted by Gasteiger charge is -1.98. The predicted molar refractivity (Wildman–Crippen MR) is 36.6 cm³/mol. The molecule has 0 aromatic heterocycles. The summed E-state index contributed by atoms with van der Waals surface area (Å²) < 4.78 is 0. The van der Waals surface area contributed by atoms with Gasteiger partial charge in [-0.05, 0) is 12.3 Å². The van der Waals surface area contributed by atoms with Crippen molar-refractivity contribution in [2.75, 3.05) is 0 Å². The smallest absolute Gasteiger partial charge is 0.00847 e. The second-order valence-electron chi connectivity index (χ2n) is 2.63. The molecule has 0 saturated heterocycles. The van der Waals surface area contributed by atoms with Gasteiger partial charge in [-0.2, -0.15) is 0 Å². The van der Waals surface area contributed by atoms with E-state index in [9.17, 15) is 0 Å². The third kappa shape index (κ3) is 0.525. The molecule has 0 amide bonds. The molecule has 1 atom stereocenters. The molecule has 1 aliphatic rings. The molecule has 0 aromatic rings. The van der Waals surface area contributed by atoms with Gasteiger partial charge in [0.25, 0.3) is 0 Å². The summed E-state index contributed by atoms with van der Waals surface area (Å²) in [5.74, 6) is 0.789. The van der Waals surface area contributed by atoms with Gasteiger partial charge in [0.05, 0.1) is 0 Å². The van der Waals surface area contributed by atoms with Crippen LogP contribution >= 0.6 is 0 Å². The summed E-state index contributed by atoms with van der Waals surface area (Å²) in [6.45, 7) is 9.72. The SMILES string of the molecule is C=CC1(C=C)CC1C. The summed E-state index contributed by atoms with van der Waals surface area (Å²) in [4.78, 5) is 0. The van der Waals surface area contributed by atoms with Crippen molar-refractivity contribution < 1.29 is 0 Å². The van der Waals surface area contributed by atoms with Gasteiger partial charge in [0.1, 0.15) is 0 Å². The van der Waals surface area contributed by atoms with Crippen molar-refractivity contribution in [1.29, 1.82) is 0 Å². The highest BCUT2D eigenvalue weighted by Gasteiger charge is 2.45. The lowest BCUT2D eigenvalue weighted by Crippen LogP contribution is -1.89. The van der Waals surface area contributed by atoms with Gasteiger partial charge in [-0.25, -0.2) is 0 Å². The Hall–Kier alpha value is -0.520. The van der Waals surface area contributed by atoms with Crippen molar-refractivity contribution in [2.45, 2.75) is 13.3 Å². The minimum atomic E-state index is 0.319. The Kier molecular flexibility index (Phi) is 1.04. The van der Waals surface area contributed by atoms with E-state index in [-0.39, 0.29) is 0 Å². The van der Waals surface area contributed by atoms with Crippen LogP contribution in [0.2, 0.25) is 0 Å². The van der Waals surface area contributed by atoms with E-state index in [4.69, 9.17) is 0 Å². The van der Waals surface area contributed by atoms with E-state index in [2.05, 4.69) is 20.1 Å². The van der Waals surface area contributed by atoms with Crippen LogP contribution in [0.1, 0.15) is 13.3 Å². The van der Waals surface area contributed by atoms with Crippen LogP contribution in [0.25, 0.3) is 0 Å². The highest BCUT2D eigenvalue weighted by molar-refractivity contribution is 5.19. The zero-order chi connectivity index (χ0) is 6.20. The second-order valence-corrected chi connectivity index (χ2v) is 2.63. The van der Waals surface area contributed by atoms with Crippen LogP contribution in [0.15, 0.2) is 25.3 Å². The van der Waals surface area contributed by atoms with Gasteiger partial charge in [0.15, 0.2) is 0 Å². The molecule has 0 N–H and O–H groups in total. The highest BCUT2D eigenvalue weighted by atomic mass is 14.5. The fraction of sp³-hybridized carbons (Fsp3) is 0.500. The first kappa shape index (κ1) is 5.61. The number of hydrogen-bond acceptors (Lipinski definition) is 0. The molecule has 1 aliphatic carbocycles. The Bertz CT molecular complexity index is 114. The van der Waals surface area contributed by atoms with E-state index in [1.54, 1.807) is 0 Å². The Labute approximate surface area is 50.9 Å². The molecule has 0 radical (unpaired) electrons. The largest absolute Gasteiger partial charge is 0.102 e. The Morgan fingerprint density at radius 1 is 1.50 bits per heavy atom. The first-order valence-corrected chi connectivity index (χ1v) is 3.02. The summed E-state index contributed by atoms with van der Waals surface area (Å²) in [6, 6.07) is 0. The minimum absolute atomic E-state index is 0.319. The maximum atomic E-state index is 3.74. The van der Waals surface area contributed by atoms with E-state index in [0.717, 1.165) is 5.92 Å². The molecule has 0 bridgehead atoms. The average Bonchev–Trinajstić information content (AvgIpc) is 2.43. The third-order valence-electron chi connectivity index (χ3n) is 2.18. The van der Waals surface area contributed by atoms with Crippen LogP contribution in [-0.4, -0.2) is 0 Å². The minimum Gasteiger partial charge on any atom is -0.102 e. The number of rotatable bonds is 2.